The molecule has 98 valence electrons. The molecule has 0 aromatic rings. The smallest absolute Gasteiger partial charge is 0.222 e. The number of hydrogen-bond donors (Lipinski definition) is 1. The van der Waals surface area contributed by atoms with Gasteiger partial charge in [0.1, 0.15) is 0 Å². The van der Waals surface area contributed by atoms with Crippen LogP contribution in [0.15, 0.2) is 0 Å². The van der Waals surface area contributed by atoms with Gasteiger partial charge in [0.2, 0.25) is 5.91 Å². The molecule has 3 atom stereocenters. The number of likely N-dealkylation sites (N-methyl/N-ethyl adjacent to an activating group) is 1. The Morgan fingerprint density at radius 2 is 2.12 bits per heavy atom. The van der Waals surface area contributed by atoms with E-state index >= 15 is 0 Å². The van der Waals surface area contributed by atoms with Crippen molar-refractivity contribution >= 4 is 5.91 Å². The first-order valence-corrected chi connectivity index (χ1v) is 7.19. The van der Waals surface area contributed by atoms with E-state index in [9.17, 15) is 4.79 Å². The zero-order valence-corrected chi connectivity index (χ0v) is 11.2. The third-order valence-corrected chi connectivity index (χ3v) is 4.46. The van der Waals surface area contributed by atoms with Crippen LogP contribution in [0.2, 0.25) is 0 Å². The summed E-state index contributed by atoms with van der Waals surface area (Å²) in [5, 5.41) is 3.78. The van der Waals surface area contributed by atoms with Gasteiger partial charge in [-0.3, -0.25) is 4.79 Å². The number of hydrogen-bond acceptors (Lipinski definition) is 2. The Kier molecular flexibility index (Phi) is 4.43. The summed E-state index contributed by atoms with van der Waals surface area (Å²) in [4.78, 5) is 13.3. The average Bonchev–Trinajstić information content (AvgIpc) is 2.34. The van der Waals surface area contributed by atoms with E-state index in [2.05, 4.69) is 12.2 Å². The molecule has 1 saturated heterocycles. The van der Waals surface area contributed by atoms with Gasteiger partial charge < -0.3 is 10.2 Å². The van der Waals surface area contributed by atoms with Crippen LogP contribution in [0.25, 0.3) is 0 Å². The summed E-state index contributed by atoms with van der Waals surface area (Å²) in [6.45, 7) is 3.20. The highest BCUT2D eigenvalue weighted by atomic mass is 16.2. The minimum Gasteiger partial charge on any atom is -0.344 e. The fourth-order valence-electron chi connectivity index (χ4n) is 3.29. The molecule has 1 aliphatic heterocycles. The SMILES string of the molecule is CCC1CCCC(NC2CCC(=O)N(C)C2)C1. The predicted molar refractivity (Wildman–Crippen MR) is 69.8 cm³/mol. The van der Waals surface area contributed by atoms with Crippen LogP contribution < -0.4 is 5.32 Å². The topological polar surface area (TPSA) is 32.3 Å². The lowest BCUT2D eigenvalue weighted by Crippen LogP contribution is -2.50. The lowest BCUT2D eigenvalue weighted by Gasteiger charge is -2.36. The molecule has 17 heavy (non-hydrogen) atoms. The van der Waals surface area contributed by atoms with E-state index in [0.717, 1.165) is 25.3 Å². The van der Waals surface area contributed by atoms with Gasteiger partial charge in [0.05, 0.1) is 0 Å². The summed E-state index contributed by atoms with van der Waals surface area (Å²) in [6, 6.07) is 1.22. The summed E-state index contributed by atoms with van der Waals surface area (Å²) in [5.74, 6) is 1.22. The maximum Gasteiger partial charge on any atom is 0.222 e. The van der Waals surface area contributed by atoms with Gasteiger partial charge in [-0.15, -0.1) is 0 Å². The molecule has 3 unspecified atom stereocenters. The monoisotopic (exact) mass is 238 g/mol. The highest BCUT2D eigenvalue weighted by Gasteiger charge is 2.27. The lowest BCUT2D eigenvalue weighted by atomic mass is 9.83. The molecule has 0 aromatic heterocycles. The molecule has 3 heteroatoms. The second kappa shape index (κ2) is 5.85. The van der Waals surface area contributed by atoms with Crippen molar-refractivity contribution in [3.05, 3.63) is 0 Å². The molecule has 2 aliphatic rings. The van der Waals surface area contributed by atoms with E-state index < -0.39 is 0 Å². The molecular weight excluding hydrogens is 212 g/mol. The highest BCUT2D eigenvalue weighted by Crippen LogP contribution is 2.27. The van der Waals surface area contributed by atoms with Crippen molar-refractivity contribution < 1.29 is 4.79 Å². The van der Waals surface area contributed by atoms with Gasteiger partial charge in [-0.25, -0.2) is 0 Å². The molecule has 1 amide bonds. The van der Waals surface area contributed by atoms with Crippen molar-refractivity contribution in [3.63, 3.8) is 0 Å². The number of piperidine rings is 1. The van der Waals surface area contributed by atoms with Crippen LogP contribution in [0.4, 0.5) is 0 Å². The number of nitrogens with zero attached hydrogens (tertiary/aromatic N) is 1. The quantitative estimate of drug-likeness (QED) is 0.817. The Hall–Kier alpha value is -0.570. The van der Waals surface area contributed by atoms with Gasteiger partial charge in [0, 0.05) is 32.1 Å². The average molecular weight is 238 g/mol. The molecule has 1 aliphatic carbocycles. The zero-order valence-electron chi connectivity index (χ0n) is 11.2. The van der Waals surface area contributed by atoms with Gasteiger partial charge in [-0.05, 0) is 25.2 Å². The van der Waals surface area contributed by atoms with Gasteiger partial charge in [-0.1, -0.05) is 26.2 Å². The molecule has 0 aromatic carbocycles. The third kappa shape index (κ3) is 3.44. The number of nitrogens with one attached hydrogen (secondary N) is 1. The van der Waals surface area contributed by atoms with Gasteiger partial charge in [-0.2, -0.15) is 0 Å². The maximum absolute atomic E-state index is 11.4. The normalized spacial score (nSPS) is 35.1. The van der Waals surface area contributed by atoms with E-state index in [1.54, 1.807) is 0 Å². The minimum absolute atomic E-state index is 0.304. The molecular formula is C14H26N2O. The summed E-state index contributed by atoms with van der Waals surface area (Å²) in [7, 11) is 1.92. The van der Waals surface area contributed by atoms with Crippen LogP contribution in [0.1, 0.15) is 51.9 Å². The van der Waals surface area contributed by atoms with Crippen LogP contribution in [0.3, 0.4) is 0 Å². The largest absolute Gasteiger partial charge is 0.344 e. The molecule has 3 nitrogen and oxygen atoms in total. The Morgan fingerprint density at radius 3 is 2.82 bits per heavy atom. The number of carbonyl (C=O) groups excluding carboxylic acids is 1. The Labute approximate surface area is 105 Å². The molecule has 2 rings (SSSR count). The zero-order chi connectivity index (χ0) is 12.3. The van der Waals surface area contributed by atoms with Crippen LogP contribution in [0.5, 0.6) is 0 Å². The number of rotatable bonds is 3. The molecule has 1 saturated carbocycles. The van der Waals surface area contributed by atoms with E-state index in [4.69, 9.17) is 0 Å². The van der Waals surface area contributed by atoms with E-state index in [1.807, 2.05) is 11.9 Å². The van der Waals surface area contributed by atoms with Crippen molar-refractivity contribution in [3.8, 4) is 0 Å². The van der Waals surface area contributed by atoms with Crippen LogP contribution in [0, 0.1) is 5.92 Å². The van der Waals surface area contributed by atoms with Crippen LogP contribution >= 0.6 is 0 Å². The molecule has 1 heterocycles. The number of likely N-dealkylation sites (tertiary alicyclic amines) is 1. The first-order chi connectivity index (χ1) is 8.19. The molecule has 0 radical (unpaired) electrons. The summed E-state index contributed by atoms with van der Waals surface area (Å²) >= 11 is 0. The summed E-state index contributed by atoms with van der Waals surface area (Å²) in [6.07, 6.45) is 8.51. The van der Waals surface area contributed by atoms with Crippen molar-refractivity contribution in [2.24, 2.45) is 5.92 Å². The molecule has 0 bridgehead atoms. The number of amides is 1. The van der Waals surface area contributed by atoms with E-state index in [1.165, 1.54) is 32.1 Å². The second-order valence-corrected chi connectivity index (χ2v) is 5.81. The van der Waals surface area contributed by atoms with E-state index in [0.29, 0.717) is 18.0 Å². The Morgan fingerprint density at radius 1 is 1.29 bits per heavy atom. The molecule has 1 N–H and O–H groups in total. The van der Waals surface area contributed by atoms with Gasteiger partial charge in [0.15, 0.2) is 0 Å². The van der Waals surface area contributed by atoms with Crippen LogP contribution in [-0.2, 0) is 4.79 Å². The van der Waals surface area contributed by atoms with Crippen molar-refractivity contribution in [1.82, 2.24) is 10.2 Å². The number of carbonyl (C=O) groups is 1. The molecule has 0 spiro atoms. The first kappa shape index (κ1) is 12.9. The standard InChI is InChI=1S/C14H26N2O/c1-3-11-5-4-6-12(9-11)15-13-7-8-14(17)16(2)10-13/h11-13,15H,3-10H2,1-2H3. The fourth-order valence-corrected chi connectivity index (χ4v) is 3.29. The fraction of sp³-hybridized carbons (Fsp3) is 0.929. The lowest BCUT2D eigenvalue weighted by molar-refractivity contribution is -0.132. The van der Waals surface area contributed by atoms with Gasteiger partial charge >= 0.3 is 0 Å². The summed E-state index contributed by atoms with van der Waals surface area (Å²) < 4.78 is 0. The van der Waals surface area contributed by atoms with Gasteiger partial charge in [0.25, 0.3) is 0 Å². The summed E-state index contributed by atoms with van der Waals surface area (Å²) in [5.41, 5.74) is 0. The van der Waals surface area contributed by atoms with E-state index in [-0.39, 0.29) is 0 Å². The second-order valence-electron chi connectivity index (χ2n) is 5.81. The van der Waals surface area contributed by atoms with Crippen molar-refractivity contribution in [2.45, 2.75) is 64.0 Å². The van der Waals surface area contributed by atoms with Crippen LogP contribution in [-0.4, -0.2) is 36.5 Å². The minimum atomic E-state index is 0.304. The van der Waals surface area contributed by atoms with Crippen molar-refractivity contribution in [1.29, 1.82) is 0 Å². The Balaban J connectivity index is 1.78. The third-order valence-electron chi connectivity index (χ3n) is 4.46. The maximum atomic E-state index is 11.4. The first-order valence-electron chi connectivity index (χ1n) is 7.19. The molecule has 2 fully saturated rings. The highest BCUT2D eigenvalue weighted by molar-refractivity contribution is 5.76. The predicted octanol–water partition coefficient (Wildman–Crippen LogP) is 2.17. The Bertz CT molecular complexity index is 267. The van der Waals surface area contributed by atoms with Crippen molar-refractivity contribution in [2.75, 3.05) is 13.6 Å².